The topological polar surface area (TPSA) is 0 Å². The van der Waals surface area contributed by atoms with E-state index in [2.05, 4.69) is 146 Å². The fraction of sp³-hybridized carbons (Fsp3) is 0.118. The van der Waals surface area contributed by atoms with Crippen molar-refractivity contribution >= 4 is 0 Å². The molecule has 168 valence electrons. The van der Waals surface area contributed by atoms with Crippen LogP contribution in [0.1, 0.15) is 37.5 Å². The Labute approximate surface area is 204 Å². The van der Waals surface area contributed by atoms with Crippen molar-refractivity contribution in [2.45, 2.75) is 26.2 Å². The predicted molar refractivity (Wildman–Crippen MR) is 147 cm³/mol. The second-order valence-corrected chi connectivity index (χ2v) is 8.38. The van der Waals surface area contributed by atoms with Crippen LogP contribution in [0.15, 0.2) is 140 Å². The standard InChI is InChI=1S/C32H26.C2H6/c1-32(29-15-9-4-10-16-29,30-21-17-27(18-22-30)25-11-5-2-6-12-25)31-23-19-28(20-24-31)26-13-7-3-8-14-26;1-2/h2-24H,1H3;1-2H3. The van der Waals surface area contributed by atoms with Gasteiger partial charge in [-0.2, -0.15) is 0 Å². The van der Waals surface area contributed by atoms with Crippen molar-refractivity contribution in [3.05, 3.63) is 156 Å². The lowest BCUT2D eigenvalue weighted by molar-refractivity contribution is 0.693. The van der Waals surface area contributed by atoms with Crippen LogP contribution >= 0.6 is 0 Å². The maximum absolute atomic E-state index is 2.33. The summed E-state index contributed by atoms with van der Waals surface area (Å²) < 4.78 is 0. The SMILES string of the molecule is CC.CC(c1ccccc1)(c1ccc(-c2ccccc2)cc1)c1ccc(-c2ccccc2)cc1. The molecule has 5 rings (SSSR count). The molecule has 0 radical (unpaired) electrons. The van der Waals surface area contributed by atoms with Gasteiger partial charge in [0.05, 0.1) is 0 Å². The Bertz CT molecular complexity index is 1180. The summed E-state index contributed by atoms with van der Waals surface area (Å²) >= 11 is 0. The molecule has 0 nitrogen and oxygen atoms in total. The van der Waals surface area contributed by atoms with E-state index in [0.29, 0.717) is 0 Å². The molecule has 5 aromatic rings. The highest BCUT2D eigenvalue weighted by atomic mass is 14.3. The Kier molecular flexibility index (Phi) is 7.40. The molecule has 0 heteroatoms. The molecule has 0 bridgehead atoms. The molecule has 0 aliphatic heterocycles. The number of hydrogen-bond donors (Lipinski definition) is 0. The van der Waals surface area contributed by atoms with E-state index in [-0.39, 0.29) is 5.41 Å². The highest BCUT2D eigenvalue weighted by Gasteiger charge is 2.31. The van der Waals surface area contributed by atoms with Crippen molar-refractivity contribution < 1.29 is 0 Å². The number of benzene rings is 5. The maximum atomic E-state index is 2.33. The lowest BCUT2D eigenvalue weighted by Gasteiger charge is -2.32. The van der Waals surface area contributed by atoms with Gasteiger partial charge in [-0.1, -0.05) is 153 Å². The zero-order valence-electron chi connectivity index (χ0n) is 20.3. The van der Waals surface area contributed by atoms with E-state index in [9.17, 15) is 0 Å². The van der Waals surface area contributed by atoms with Crippen LogP contribution in [-0.4, -0.2) is 0 Å². The highest BCUT2D eigenvalue weighted by molar-refractivity contribution is 5.66. The summed E-state index contributed by atoms with van der Waals surface area (Å²) in [5.74, 6) is 0. The van der Waals surface area contributed by atoms with Gasteiger partial charge in [0.25, 0.3) is 0 Å². The third kappa shape index (κ3) is 4.72. The van der Waals surface area contributed by atoms with Gasteiger partial charge in [0, 0.05) is 5.41 Å². The van der Waals surface area contributed by atoms with Gasteiger partial charge in [-0.05, 0) is 45.9 Å². The quantitative estimate of drug-likeness (QED) is 0.239. The molecule has 0 aliphatic rings. The van der Waals surface area contributed by atoms with E-state index >= 15 is 0 Å². The van der Waals surface area contributed by atoms with E-state index in [1.807, 2.05) is 13.8 Å². The van der Waals surface area contributed by atoms with Gasteiger partial charge in [-0.3, -0.25) is 0 Å². The van der Waals surface area contributed by atoms with E-state index in [1.165, 1.54) is 38.9 Å². The molecule has 0 aliphatic carbocycles. The first kappa shape index (κ1) is 23.3. The molecule has 0 amide bonds. The van der Waals surface area contributed by atoms with Crippen LogP contribution in [0, 0.1) is 0 Å². The summed E-state index contributed by atoms with van der Waals surface area (Å²) in [4.78, 5) is 0. The Morgan fingerprint density at radius 3 is 0.941 bits per heavy atom. The predicted octanol–water partition coefficient (Wildman–Crippen LogP) is 9.40. The molecule has 0 saturated heterocycles. The Hall–Kier alpha value is -3.90. The lowest BCUT2D eigenvalue weighted by atomic mass is 9.70. The molecule has 0 saturated carbocycles. The fourth-order valence-corrected chi connectivity index (χ4v) is 4.52. The normalized spacial score (nSPS) is 10.8. The van der Waals surface area contributed by atoms with Gasteiger partial charge >= 0.3 is 0 Å². The lowest BCUT2D eigenvalue weighted by Crippen LogP contribution is -2.25. The first-order valence-corrected chi connectivity index (χ1v) is 12.1. The average molecular weight is 441 g/mol. The van der Waals surface area contributed by atoms with Crippen LogP contribution in [-0.2, 0) is 5.41 Å². The summed E-state index contributed by atoms with van der Waals surface area (Å²) in [5.41, 5.74) is 8.59. The minimum atomic E-state index is -0.244. The third-order valence-electron chi connectivity index (χ3n) is 6.49. The Morgan fingerprint density at radius 2 is 0.588 bits per heavy atom. The molecule has 0 N–H and O–H groups in total. The molecule has 34 heavy (non-hydrogen) atoms. The molecule has 0 unspecified atom stereocenters. The van der Waals surface area contributed by atoms with Gasteiger partial charge in [0.15, 0.2) is 0 Å². The van der Waals surface area contributed by atoms with Gasteiger partial charge in [-0.25, -0.2) is 0 Å². The Balaban J connectivity index is 0.00000133. The van der Waals surface area contributed by atoms with Crippen LogP contribution in [0.5, 0.6) is 0 Å². The smallest absolute Gasteiger partial charge is 0.0423 e. The molecule has 0 spiro atoms. The molecule has 0 heterocycles. The van der Waals surface area contributed by atoms with E-state index in [4.69, 9.17) is 0 Å². The molecule has 0 atom stereocenters. The number of hydrogen-bond acceptors (Lipinski definition) is 0. The Morgan fingerprint density at radius 1 is 0.324 bits per heavy atom. The molecule has 0 fully saturated rings. The minimum Gasteiger partial charge on any atom is -0.0683 e. The summed E-state index contributed by atoms with van der Waals surface area (Å²) in [6.07, 6.45) is 0. The number of rotatable bonds is 5. The summed E-state index contributed by atoms with van der Waals surface area (Å²) in [6.45, 7) is 6.33. The molecule has 5 aromatic carbocycles. The average Bonchev–Trinajstić information content (AvgIpc) is 2.95. The maximum Gasteiger partial charge on any atom is 0.0423 e. The summed E-state index contributed by atoms with van der Waals surface area (Å²) in [6, 6.07) is 50.0. The van der Waals surface area contributed by atoms with Crippen molar-refractivity contribution in [3.63, 3.8) is 0 Å². The molecular formula is C34H32. The van der Waals surface area contributed by atoms with Crippen LogP contribution in [0.3, 0.4) is 0 Å². The van der Waals surface area contributed by atoms with Crippen LogP contribution < -0.4 is 0 Å². The molecular weight excluding hydrogens is 408 g/mol. The van der Waals surface area contributed by atoms with Crippen LogP contribution in [0.25, 0.3) is 22.3 Å². The first-order valence-electron chi connectivity index (χ1n) is 12.1. The monoisotopic (exact) mass is 440 g/mol. The van der Waals surface area contributed by atoms with Gasteiger partial charge in [0.2, 0.25) is 0 Å². The summed E-state index contributed by atoms with van der Waals surface area (Å²) in [7, 11) is 0. The van der Waals surface area contributed by atoms with Crippen molar-refractivity contribution in [3.8, 4) is 22.3 Å². The third-order valence-corrected chi connectivity index (χ3v) is 6.49. The largest absolute Gasteiger partial charge is 0.0683 e. The minimum absolute atomic E-state index is 0.244. The van der Waals surface area contributed by atoms with E-state index in [1.54, 1.807) is 0 Å². The second kappa shape index (κ2) is 10.8. The first-order chi connectivity index (χ1) is 16.7. The van der Waals surface area contributed by atoms with Crippen molar-refractivity contribution in [1.82, 2.24) is 0 Å². The zero-order valence-corrected chi connectivity index (χ0v) is 20.3. The summed E-state index contributed by atoms with van der Waals surface area (Å²) in [5, 5.41) is 0. The van der Waals surface area contributed by atoms with Crippen molar-refractivity contribution in [2.24, 2.45) is 0 Å². The van der Waals surface area contributed by atoms with E-state index in [0.717, 1.165) is 0 Å². The van der Waals surface area contributed by atoms with Crippen molar-refractivity contribution in [2.75, 3.05) is 0 Å². The highest BCUT2D eigenvalue weighted by Crippen LogP contribution is 2.40. The van der Waals surface area contributed by atoms with Gasteiger partial charge in [0.1, 0.15) is 0 Å². The van der Waals surface area contributed by atoms with Crippen LogP contribution in [0.2, 0.25) is 0 Å². The fourth-order valence-electron chi connectivity index (χ4n) is 4.52. The van der Waals surface area contributed by atoms with Gasteiger partial charge < -0.3 is 0 Å². The van der Waals surface area contributed by atoms with Gasteiger partial charge in [-0.15, -0.1) is 0 Å². The van der Waals surface area contributed by atoms with E-state index < -0.39 is 0 Å². The second-order valence-electron chi connectivity index (χ2n) is 8.38. The van der Waals surface area contributed by atoms with Crippen LogP contribution in [0.4, 0.5) is 0 Å². The van der Waals surface area contributed by atoms with Crippen molar-refractivity contribution in [1.29, 1.82) is 0 Å². The molecule has 0 aromatic heterocycles. The zero-order chi connectivity index (χ0) is 23.8.